The van der Waals surface area contributed by atoms with Crippen molar-refractivity contribution in [2.24, 2.45) is 0 Å². The molecule has 0 amide bonds. The van der Waals surface area contributed by atoms with Gasteiger partial charge in [0.2, 0.25) is 10.0 Å². The van der Waals surface area contributed by atoms with Crippen LogP contribution < -0.4 is 0 Å². The topological polar surface area (TPSA) is 67.3 Å². The Balaban J connectivity index is 2.11. The summed E-state index contributed by atoms with van der Waals surface area (Å²) in [7, 11) is -0.577. The highest BCUT2D eigenvalue weighted by atomic mass is 35.5. The molecule has 1 atom stereocenters. The van der Waals surface area contributed by atoms with Crippen LogP contribution >= 0.6 is 23.4 Å². The zero-order chi connectivity index (χ0) is 17.9. The highest BCUT2D eigenvalue weighted by molar-refractivity contribution is 8.00. The maximum absolute atomic E-state index is 12.4. The van der Waals surface area contributed by atoms with Gasteiger partial charge < -0.3 is 0 Å². The number of carbonyl (C=O) groups excluding carboxylic acids is 1. The van der Waals surface area contributed by atoms with Crippen molar-refractivity contribution in [3.8, 4) is 0 Å². The van der Waals surface area contributed by atoms with E-state index in [9.17, 15) is 13.2 Å². The molecule has 0 unspecified atom stereocenters. The van der Waals surface area contributed by atoms with Crippen molar-refractivity contribution in [1.29, 1.82) is 0 Å². The number of benzene rings is 1. The van der Waals surface area contributed by atoms with Crippen molar-refractivity contribution < 1.29 is 13.2 Å². The van der Waals surface area contributed by atoms with Gasteiger partial charge in [0.1, 0.15) is 4.90 Å². The number of halogens is 1. The second kappa shape index (κ2) is 7.65. The molecule has 0 N–H and O–H groups in total. The minimum Gasteiger partial charge on any atom is -0.293 e. The summed E-state index contributed by atoms with van der Waals surface area (Å²) in [4.78, 5) is 16.6. The summed E-state index contributed by atoms with van der Waals surface area (Å²) < 4.78 is 25.1. The van der Waals surface area contributed by atoms with Gasteiger partial charge in [-0.05, 0) is 43.3 Å². The minimum atomic E-state index is -3.50. The smallest absolute Gasteiger partial charge is 0.244 e. The van der Waals surface area contributed by atoms with E-state index >= 15 is 0 Å². The number of carbonyl (C=O) groups is 1. The lowest BCUT2D eigenvalue weighted by Gasteiger charge is -2.12. The predicted octanol–water partition coefficient (Wildman–Crippen LogP) is 3.35. The van der Waals surface area contributed by atoms with Crippen LogP contribution in [0.4, 0.5) is 0 Å². The molecule has 5 nitrogen and oxygen atoms in total. The number of hydrogen-bond donors (Lipinski definition) is 0. The van der Waals surface area contributed by atoms with Crippen LogP contribution in [0.3, 0.4) is 0 Å². The van der Waals surface area contributed by atoms with Gasteiger partial charge in [-0.25, -0.2) is 17.7 Å². The Morgan fingerprint density at radius 2 is 1.79 bits per heavy atom. The molecular formula is C16H17ClN2O3S2. The molecule has 0 saturated heterocycles. The lowest BCUT2D eigenvalue weighted by Crippen LogP contribution is -2.22. The third kappa shape index (κ3) is 4.36. The Morgan fingerprint density at radius 3 is 2.29 bits per heavy atom. The first kappa shape index (κ1) is 18.9. The van der Waals surface area contributed by atoms with Gasteiger partial charge in [0, 0.05) is 30.9 Å². The van der Waals surface area contributed by atoms with Crippen LogP contribution in [-0.4, -0.2) is 42.8 Å². The minimum absolute atomic E-state index is 0.0385. The first-order chi connectivity index (χ1) is 11.2. The van der Waals surface area contributed by atoms with E-state index in [1.165, 1.54) is 38.1 Å². The standard InChI is InChI=1S/C16H17ClN2O3S2/c1-11(16(20)12-4-6-13(17)7-5-12)23-15-9-8-14(10-18-15)24(21,22)19(2)3/h4-11H,1-3H3/t11-/m1/s1. The van der Waals surface area contributed by atoms with Gasteiger partial charge in [0.15, 0.2) is 5.78 Å². The quantitative estimate of drug-likeness (QED) is 0.564. The molecule has 8 heteroatoms. The first-order valence-electron chi connectivity index (χ1n) is 7.07. The fourth-order valence-corrected chi connectivity index (χ4v) is 3.72. The SMILES string of the molecule is C[C@@H](Sc1ccc(S(=O)(=O)N(C)C)cn1)C(=O)c1ccc(Cl)cc1. The highest BCUT2D eigenvalue weighted by Gasteiger charge is 2.20. The van der Waals surface area contributed by atoms with Crippen LogP contribution in [0.15, 0.2) is 52.5 Å². The fraction of sp³-hybridized carbons (Fsp3) is 0.250. The van der Waals surface area contributed by atoms with Crippen molar-refractivity contribution in [1.82, 2.24) is 9.29 Å². The normalized spacial score (nSPS) is 13.0. The summed E-state index contributed by atoms with van der Waals surface area (Å²) >= 11 is 7.10. The van der Waals surface area contributed by atoms with E-state index in [1.54, 1.807) is 37.3 Å². The molecule has 1 heterocycles. The first-order valence-corrected chi connectivity index (χ1v) is 9.76. The summed E-state index contributed by atoms with van der Waals surface area (Å²) in [5, 5.41) is 0.809. The third-order valence-electron chi connectivity index (χ3n) is 3.28. The highest BCUT2D eigenvalue weighted by Crippen LogP contribution is 2.25. The van der Waals surface area contributed by atoms with Crippen molar-refractivity contribution in [2.75, 3.05) is 14.1 Å². The Kier molecular flexibility index (Phi) is 6.03. The van der Waals surface area contributed by atoms with Gasteiger partial charge in [-0.2, -0.15) is 0 Å². The van der Waals surface area contributed by atoms with E-state index in [0.717, 1.165) is 4.31 Å². The molecule has 0 spiro atoms. The Hall–Kier alpha value is -1.41. The second-order valence-electron chi connectivity index (χ2n) is 5.25. The Bertz CT molecular complexity index is 819. The molecule has 0 aliphatic heterocycles. The zero-order valence-corrected chi connectivity index (χ0v) is 15.8. The molecule has 0 saturated carbocycles. The number of sulfonamides is 1. The average molecular weight is 385 g/mol. The van der Waals surface area contributed by atoms with Crippen LogP contribution in [0.5, 0.6) is 0 Å². The number of aromatic nitrogens is 1. The van der Waals surface area contributed by atoms with E-state index in [0.29, 0.717) is 15.6 Å². The molecule has 0 aliphatic rings. The number of ketones is 1. The summed E-state index contributed by atoms with van der Waals surface area (Å²) in [6.07, 6.45) is 1.30. The van der Waals surface area contributed by atoms with Crippen molar-refractivity contribution >= 4 is 39.2 Å². The number of hydrogen-bond acceptors (Lipinski definition) is 5. The molecule has 0 bridgehead atoms. The summed E-state index contributed by atoms with van der Waals surface area (Å²) in [6, 6.07) is 9.80. The Morgan fingerprint density at radius 1 is 1.17 bits per heavy atom. The maximum atomic E-state index is 12.4. The maximum Gasteiger partial charge on any atom is 0.244 e. The number of pyridine rings is 1. The lowest BCUT2D eigenvalue weighted by atomic mass is 10.1. The van der Waals surface area contributed by atoms with E-state index < -0.39 is 10.0 Å². The van der Waals surface area contributed by atoms with E-state index in [2.05, 4.69) is 4.98 Å². The van der Waals surface area contributed by atoms with Gasteiger partial charge in [-0.15, -0.1) is 0 Å². The molecule has 1 aromatic carbocycles. The molecule has 0 fully saturated rings. The zero-order valence-electron chi connectivity index (χ0n) is 13.4. The third-order valence-corrected chi connectivity index (χ3v) is 6.38. The molecule has 2 aromatic rings. The average Bonchev–Trinajstić information content (AvgIpc) is 2.55. The molecular weight excluding hydrogens is 368 g/mol. The molecule has 2 rings (SSSR count). The van der Waals surface area contributed by atoms with Crippen LogP contribution in [0.2, 0.25) is 5.02 Å². The van der Waals surface area contributed by atoms with Crippen LogP contribution in [0, 0.1) is 0 Å². The van der Waals surface area contributed by atoms with Gasteiger partial charge in [0.05, 0.1) is 10.3 Å². The van der Waals surface area contributed by atoms with Gasteiger partial charge in [-0.3, -0.25) is 4.79 Å². The molecule has 0 radical (unpaired) electrons. The summed E-state index contributed by atoms with van der Waals surface area (Å²) in [6.45, 7) is 1.79. The van der Waals surface area contributed by atoms with Crippen LogP contribution in [0.25, 0.3) is 0 Å². The van der Waals surface area contributed by atoms with Crippen LogP contribution in [-0.2, 0) is 10.0 Å². The second-order valence-corrected chi connectivity index (χ2v) is 9.20. The fourth-order valence-electron chi connectivity index (χ4n) is 1.88. The number of thioether (sulfide) groups is 1. The van der Waals surface area contributed by atoms with Gasteiger partial charge in [0.25, 0.3) is 0 Å². The van der Waals surface area contributed by atoms with Crippen LogP contribution in [0.1, 0.15) is 17.3 Å². The largest absolute Gasteiger partial charge is 0.293 e. The van der Waals surface area contributed by atoms with Crippen molar-refractivity contribution in [3.63, 3.8) is 0 Å². The van der Waals surface area contributed by atoms with Crippen molar-refractivity contribution in [3.05, 3.63) is 53.2 Å². The number of rotatable bonds is 6. The van der Waals surface area contributed by atoms with E-state index in [1.807, 2.05) is 0 Å². The van der Waals surface area contributed by atoms with Gasteiger partial charge >= 0.3 is 0 Å². The number of nitrogens with zero attached hydrogens (tertiary/aromatic N) is 2. The molecule has 128 valence electrons. The molecule has 1 aromatic heterocycles. The molecule has 24 heavy (non-hydrogen) atoms. The summed E-state index contributed by atoms with van der Waals surface area (Å²) in [5.74, 6) is -0.0385. The Labute approximate surface area is 151 Å². The van der Waals surface area contributed by atoms with Gasteiger partial charge in [-0.1, -0.05) is 23.4 Å². The van der Waals surface area contributed by atoms with E-state index in [4.69, 9.17) is 11.6 Å². The number of Topliss-reactive ketones (excluding diaryl/α,β-unsaturated/α-hetero) is 1. The summed E-state index contributed by atoms with van der Waals surface area (Å²) in [5.41, 5.74) is 0.575. The monoisotopic (exact) mass is 384 g/mol. The lowest BCUT2D eigenvalue weighted by molar-refractivity contribution is 0.0994. The van der Waals surface area contributed by atoms with Crippen molar-refractivity contribution in [2.45, 2.75) is 22.1 Å². The predicted molar refractivity (Wildman–Crippen MR) is 96.2 cm³/mol. The van der Waals surface area contributed by atoms with E-state index in [-0.39, 0.29) is 15.9 Å². The molecule has 0 aliphatic carbocycles.